The Balaban J connectivity index is 1.58. The minimum Gasteiger partial charge on any atom is -0.494 e. The zero-order valence-electron chi connectivity index (χ0n) is 19.6. The Morgan fingerprint density at radius 1 is 1.06 bits per heavy atom. The fraction of sp³-hybridized carbons (Fsp3) is 0.280. The molecule has 0 radical (unpaired) electrons. The SMILES string of the molecule is CCOc1ccc(-n2ccn3c(S[C@@H](CC)C(=O)Nc4c(C)cccc4C)nnc3c2=O)cc1. The van der Waals surface area contributed by atoms with Gasteiger partial charge in [-0.15, -0.1) is 10.2 Å². The zero-order valence-corrected chi connectivity index (χ0v) is 20.4. The molecule has 0 unspecified atom stereocenters. The molecule has 2 heterocycles. The maximum absolute atomic E-state index is 13.1. The molecule has 2 aromatic heterocycles. The Bertz CT molecular complexity index is 1360. The lowest BCUT2D eigenvalue weighted by Crippen LogP contribution is -2.26. The number of anilines is 1. The van der Waals surface area contributed by atoms with Crippen LogP contribution in [0.2, 0.25) is 0 Å². The number of fused-ring (bicyclic) bond motifs is 1. The van der Waals surface area contributed by atoms with Crippen LogP contribution in [-0.4, -0.2) is 36.9 Å². The van der Waals surface area contributed by atoms with Crippen molar-refractivity contribution in [2.24, 2.45) is 0 Å². The number of amides is 1. The van der Waals surface area contributed by atoms with Gasteiger partial charge in [0, 0.05) is 23.8 Å². The summed E-state index contributed by atoms with van der Waals surface area (Å²) < 4.78 is 8.61. The Labute approximate surface area is 202 Å². The van der Waals surface area contributed by atoms with Gasteiger partial charge in [-0.3, -0.25) is 18.6 Å². The van der Waals surface area contributed by atoms with E-state index in [4.69, 9.17) is 4.74 Å². The molecule has 0 aliphatic carbocycles. The lowest BCUT2D eigenvalue weighted by molar-refractivity contribution is -0.115. The van der Waals surface area contributed by atoms with Crippen molar-refractivity contribution in [3.05, 3.63) is 76.3 Å². The molecule has 1 N–H and O–H groups in total. The third-order valence-electron chi connectivity index (χ3n) is 5.51. The lowest BCUT2D eigenvalue weighted by Gasteiger charge is -2.16. The molecular weight excluding hydrogens is 450 g/mol. The summed E-state index contributed by atoms with van der Waals surface area (Å²) in [5, 5.41) is 11.5. The van der Waals surface area contributed by atoms with Gasteiger partial charge in [-0.2, -0.15) is 0 Å². The summed E-state index contributed by atoms with van der Waals surface area (Å²) in [7, 11) is 0. The third kappa shape index (κ3) is 4.70. The lowest BCUT2D eigenvalue weighted by atomic mass is 10.1. The number of nitrogens with zero attached hydrogens (tertiary/aromatic N) is 4. The molecule has 8 nitrogen and oxygen atoms in total. The molecule has 9 heteroatoms. The van der Waals surface area contributed by atoms with E-state index in [1.807, 2.05) is 70.2 Å². The predicted molar refractivity (Wildman–Crippen MR) is 134 cm³/mol. The highest BCUT2D eigenvalue weighted by molar-refractivity contribution is 8.00. The van der Waals surface area contributed by atoms with Gasteiger partial charge in [0.05, 0.1) is 11.9 Å². The number of hydrogen-bond acceptors (Lipinski definition) is 6. The summed E-state index contributed by atoms with van der Waals surface area (Å²) in [5.41, 5.74) is 3.46. The molecule has 1 atom stereocenters. The van der Waals surface area contributed by atoms with Gasteiger partial charge in [-0.25, -0.2) is 0 Å². The minimum absolute atomic E-state index is 0.107. The number of carbonyl (C=O) groups is 1. The molecule has 176 valence electrons. The van der Waals surface area contributed by atoms with Crippen LogP contribution in [0.25, 0.3) is 11.3 Å². The number of carbonyl (C=O) groups excluding carboxylic acids is 1. The Kier molecular flexibility index (Phi) is 7.02. The minimum atomic E-state index is -0.389. The van der Waals surface area contributed by atoms with Gasteiger partial charge in [0.25, 0.3) is 0 Å². The average molecular weight is 478 g/mol. The van der Waals surface area contributed by atoms with Crippen molar-refractivity contribution >= 4 is 29.0 Å². The first kappa shape index (κ1) is 23.6. The molecule has 0 fully saturated rings. The maximum atomic E-state index is 13.1. The van der Waals surface area contributed by atoms with E-state index >= 15 is 0 Å². The highest BCUT2D eigenvalue weighted by Crippen LogP contribution is 2.27. The second-order valence-corrected chi connectivity index (χ2v) is 9.02. The number of rotatable bonds is 8. The van der Waals surface area contributed by atoms with Crippen LogP contribution in [-0.2, 0) is 4.79 Å². The monoisotopic (exact) mass is 477 g/mol. The van der Waals surface area contributed by atoms with E-state index in [9.17, 15) is 9.59 Å². The molecule has 4 aromatic rings. The topological polar surface area (TPSA) is 90.5 Å². The number of aryl methyl sites for hydroxylation is 2. The van der Waals surface area contributed by atoms with Crippen LogP contribution in [0.4, 0.5) is 5.69 Å². The fourth-order valence-corrected chi connectivity index (χ4v) is 4.62. The molecular formula is C25H27N5O3S. The number of aromatic nitrogens is 4. The Morgan fingerprint density at radius 3 is 2.41 bits per heavy atom. The zero-order chi connectivity index (χ0) is 24.2. The van der Waals surface area contributed by atoms with Crippen molar-refractivity contribution in [2.75, 3.05) is 11.9 Å². The summed E-state index contributed by atoms with van der Waals surface area (Å²) in [6.45, 7) is 8.39. The van der Waals surface area contributed by atoms with Gasteiger partial charge in [-0.1, -0.05) is 36.9 Å². The van der Waals surface area contributed by atoms with E-state index in [1.54, 1.807) is 16.8 Å². The number of ether oxygens (including phenoxy) is 1. The molecule has 2 aromatic carbocycles. The summed E-state index contributed by atoms with van der Waals surface area (Å²) >= 11 is 1.29. The maximum Gasteiger partial charge on any atom is 0.300 e. The van der Waals surface area contributed by atoms with E-state index in [0.29, 0.717) is 23.9 Å². The molecule has 0 bridgehead atoms. The van der Waals surface area contributed by atoms with Crippen LogP contribution in [0.3, 0.4) is 0 Å². The second-order valence-electron chi connectivity index (χ2n) is 7.85. The summed E-state index contributed by atoms with van der Waals surface area (Å²) in [6.07, 6.45) is 4.02. The predicted octanol–water partition coefficient (Wildman–Crippen LogP) is 4.41. The molecule has 0 aliphatic rings. The van der Waals surface area contributed by atoms with Gasteiger partial charge >= 0.3 is 5.56 Å². The van der Waals surface area contributed by atoms with Gasteiger partial charge in [-0.05, 0) is 62.6 Å². The number of nitrogens with one attached hydrogen (secondary N) is 1. The summed E-state index contributed by atoms with van der Waals surface area (Å²) in [4.78, 5) is 26.1. The smallest absolute Gasteiger partial charge is 0.300 e. The molecule has 1 amide bonds. The first-order valence-electron chi connectivity index (χ1n) is 11.2. The van der Waals surface area contributed by atoms with E-state index in [-0.39, 0.29) is 22.4 Å². The molecule has 4 rings (SSSR count). The molecule has 0 saturated carbocycles. The van der Waals surface area contributed by atoms with Crippen molar-refractivity contribution < 1.29 is 9.53 Å². The number of hydrogen-bond donors (Lipinski definition) is 1. The molecule has 0 saturated heterocycles. The molecule has 0 spiro atoms. The Morgan fingerprint density at radius 2 is 1.76 bits per heavy atom. The summed E-state index contributed by atoms with van der Waals surface area (Å²) in [6, 6.07) is 13.2. The first-order chi connectivity index (χ1) is 16.4. The highest BCUT2D eigenvalue weighted by atomic mass is 32.2. The second kappa shape index (κ2) is 10.1. The van der Waals surface area contributed by atoms with Gasteiger partial charge < -0.3 is 10.1 Å². The number of benzene rings is 2. The largest absolute Gasteiger partial charge is 0.494 e. The van der Waals surface area contributed by atoms with E-state index in [2.05, 4.69) is 15.5 Å². The Hall–Kier alpha value is -3.59. The van der Waals surface area contributed by atoms with Crippen molar-refractivity contribution in [2.45, 2.75) is 44.5 Å². The van der Waals surface area contributed by atoms with Crippen molar-refractivity contribution in [1.29, 1.82) is 0 Å². The third-order valence-corrected chi connectivity index (χ3v) is 6.83. The van der Waals surface area contributed by atoms with Crippen LogP contribution >= 0.6 is 11.8 Å². The fourth-order valence-electron chi connectivity index (χ4n) is 3.68. The van der Waals surface area contributed by atoms with Crippen molar-refractivity contribution in [3.8, 4) is 11.4 Å². The van der Waals surface area contributed by atoms with E-state index in [0.717, 1.165) is 22.6 Å². The van der Waals surface area contributed by atoms with Gasteiger partial charge in [0.1, 0.15) is 5.75 Å². The normalized spacial score (nSPS) is 12.0. The van der Waals surface area contributed by atoms with Crippen molar-refractivity contribution in [1.82, 2.24) is 19.2 Å². The van der Waals surface area contributed by atoms with Crippen LogP contribution in [0.1, 0.15) is 31.4 Å². The van der Waals surface area contributed by atoms with Crippen LogP contribution in [0.5, 0.6) is 5.75 Å². The van der Waals surface area contributed by atoms with Crippen LogP contribution < -0.4 is 15.6 Å². The van der Waals surface area contributed by atoms with Crippen molar-refractivity contribution in [3.63, 3.8) is 0 Å². The number of para-hydroxylation sites is 1. The standard InChI is InChI=1S/C25H27N5O3S/c1-5-20(23(31)26-21-16(3)8-7-9-17(21)4)34-25-28-27-22-24(32)29(14-15-30(22)25)18-10-12-19(13-11-18)33-6-2/h7-15,20H,5-6H2,1-4H3,(H,26,31)/t20-/m0/s1. The quantitative estimate of drug-likeness (QED) is 0.378. The van der Waals surface area contributed by atoms with Gasteiger partial charge in [0.2, 0.25) is 11.6 Å². The number of thioether (sulfide) groups is 1. The highest BCUT2D eigenvalue weighted by Gasteiger charge is 2.23. The van der Waals surface area contributed by atoms with Gasteiger partial charge in [0.15, 0.2) is 5.16 Å². The molecule has 34 heavy (non-hydrogen) atoms. The molecule has 0 aliphatic heterocycles. The van der Waals surface area contributed by atoms with E-state index in [1.165, 1.54) is 16.3 Å². The van der Waals surface area contributed by atoms with Crippen LogP contribution in [0, 0.1) is 13.8 Å². The first-order valence-corrected chi connectivity index (χ1v) is 12.0. The van der Waals surface area contributed by atoms with E-state index < -0.39 is 0 Å². The van der Waals surface area contributed by atoms with Crippen LogP contribution in [0.15, 0.2) is 64.8 Å². The average Bonchev–Trinajstić information content (AvgIpc) is 3.24. The summed E-state index contributed by atoms with van der Waals surface area (Å²) in [5.74, 6) is 0.635.